The van der Waals surface area contributed by atoms with Crippen LogP contribution in [0.3, 0.4) is 0 Å². The van der Waals surface area contributed by atoms with E-state index in [9.17, 15) is 14.0 Å². The molecule has 2 heterocycles. The summed E-state index contributed by atoms with van der Waals surface area (Å²) in [4.78, 5) is 28.5. The second-order valence-electron chi connectivity index (χ2n) is 9.97. The van der Waals surface area contributed by atoms with Gasteiger partial charge in [-0.05, 0) is 68.5 Å². The molecule has 1 saturated heterocycles. The van der Waals surface area contributed by atoms with Gasteiger partial charge in [-0.15, -0.1) is 0 Å². The van der Waals surface area contributed by atoms with Gasteiger partial charge in [0, 0.05) is 35.9 Å². The molecule has 1 fully saturated rings. The fourth-order valence-electron chi connectivity index (χ4n) is 4.27. The maximum absolute atomic E-state index is 14.9. The number of halogens is 1. The number of pyridine rings is 1. The number of carbonyl (C=O) groups is 2. The number of hydrogen-bond acceptors (Lipinski definition) is 7. The maximum Gasteiger partial charge on any atom is 0.313 e. The second-order valence-corrected chi connectivity index (χ2v) is 9.97. The number of rotatable bonds is 10. The summed E-state index contributed by atoms with van der Waals surface area (Å²) in [5.74, 6) is -0.0167. The summed E-state index contributed by atoms with van der Waals surface area (Å²) >= 11 is 0. The van der Waals surface area contributed by atoms with Crippen LogP contribution in [-0.2, 0) is 9.59 Å². The number of amides is 2. The van der Waals surface area contributed by atoms with Gasteiger partial charge in [0.15, 0.2) is 23.1 Å². The number of ether oxygens (including phenoxy) is 3. The van der Waals surface area contributed by atoms with Crippen molar-refractivity contribution >= 4 is 28.4 Å². The molecular weight excluding hydrogens is 503 g/mol. The van der Waals surface area contributed by atoms with Crippen molar-refractivity contribution in [2.24, 2.45) is 11.8 Å². The maximum atomic E-state index is 14.9. The molecule has 3 N–H and O–H groups in total. The van der Waals surface area contributed by atoms with E-state index in [2.05, 4.69) is 20.9 Å². The molecule has 0 bridgehead atoms. The highest BCUT2D eigenvalue weighted by Crippen LogP contribution is 2.38. The summed E-state index contributed by atoms with van der Waals surface area (Å²) in [6.45, 7) is 7.00. The summed E-state index contributed by atoms with van der Waals surface area (Å²) < 4.78 is 32.5. The third kappa shape index (κ3) is 7.57. The normalized spacial score (nSPS) is 13.8. The summed E-state index contributed by atoms with van der Waals surface area (Å²) in [6.07, 6.45) is 4.45. The zero-order chi connectivity index (χ0) is 27.8. The van der Waals surface area contributed by atoms with Crippen LogP contribution in [0.15, 0.2) is 42.6 Å². The van der Waals surface area contributed by atoms with Crippen molar-refractivity contribution in [2.45, 2.75) is 33.1 Å². The number of nitrogens with one attached hydrogen (secondary N) is 3. The SMILES string of the molecule is COc1cc2c(Oc3ccc(NC(=O)C(=O)NCCC(C)C)cc3F)ccnc2cc1OCC1CCNCC1. The molecular formula is C29H35FN4O5. The number of piperidine rings is 1. The fraction of sp³-hybridized carbons (Fsp3) is 0.414. The molecule has 0 spiro atoms. The van der Waals surface area contributed by atoms with Crippen LogP contribution in [0.2, 0.25) is 0 Å². The minimum atomic E-state index is -0.864. The van der Waals surface area contributed by atoms with Gasteiger partial charge >= 0.3 is 11.8 Å². The quantitative estimate of drug-likeness (QED) is 0.322. The van der Waals surface area contributed by atoms with Crippen LogP contribution in [0.4, 0.5) is 10.1 Å². The molecule has 2 amide bonds. The predicted molar refractivity (Wildman–Crippen MR) is 147 cm³/mol. The van der Waals surface area contributed by atoms with Crippen molar-refractivity contribution in [3.05, 3.63) is 48.4 Å². The summed E-state index contributed by atoms with van der Waals surface area (Å²) in [7, 11) is 1.56. The molecule has 1 aliphatic rings. The van der Waals surface area contributed by atoms with E-state index in [4.69, 9.17) is 14.2 Å². The molecule has 0 radical (unpaired) electrons. The summed E-state index contributed by atoms with van der Waals surface area (Å²) in [5, 5.41) is 8.93. The molecule has 4 rings (SSSR count). The first-order valence-corrected chi connectivity index (χ1v) is 13.2. The van der Waals surface area contributed by atoms with Crippen molar-refractivity contribution < 1.29 is 28.2 Å². The Morgan fingerprint density at radius 2 is 1.85 bits per heavy atom. The Hall–Kier alpha value is -3.92. The zero-order valence-corrected chi connectivity index (χ0v) is 22.5. The van der Waals surface area contributed by atoms with Gasteiger partial charge in [-0.25, -0.2) is 4.39 Å². The van der Waals surface area contributed by atoms with Crippen molar-refractivity contribution in [1.29, 1.82) is 0 Å². The number of nitrogens with zero attached hydrogens (tertiary/aromatic N) is 1. The molecule has 208 valence electrons. The van der Waals surface area contributed by atoms with Crippen molar-refractivity contribution in [1.82, 2.24) is 15.6 Å². The molecule has 9 nitrogen and oxygen atoms in total. The van der Waals surface area contributed by atoms with Crippen LogP contribution in [-0.4, -0.2) is 50.1 Å². The smallest absolute Gasteiger partial charge is 0.313 e. The van der Waals surface area contributed by atoms with Crippen molar-refractivity contribution in [3.63, 3.8) is 0 Å². The lowest BCUT2D eigenvalue weighted by molar-refractivity contribution is -0.136. The van der Waals surface area contributed by atoms with E-state index in [1.807, 2.05) is 13.8 Å². The topological polar surface area (TPSA) is 111 Å². The second kappa shape index (κ2) is 13.2. The highest BCUT2D eigenvalue weighted by atomic mass is 19.1. The van der Waals surface area contributed by atoms with Gasteiger partial charge in [0.1, 0.15) is 5.75 Å². The first-order valence-electron chi connectivity index (χ1n) is 13.2. The Morgan fingerprint density at radius 1 is 1.05 bits per heavy atom. The molecule has 0 aliphatic carbocycles. The lowest BCUT2D eigenvalue weighted by Gasteiger charge is -2.23. The molecule has 0 atom stereocenters. The average Bonchev–Trinajstić information content (AvgIpc) is 2.93. The van der Waals surface area contributed by atoms with E-state index in [1.54, 1.807) is 31.5 Å². The van der Waals surface area contributed by atoms with Gasteiger partial charge in [-0.2, -0.15) is 0 Å². The van der Waals surface area contributed by atoms with E-state index in [-0.39, 0.29) is 11.4 Å². The lowest BCUT2D eigenvalue weighted by atomic mass is 9.99. The number of carbonyl (C=O) groups excluding carboxylic acids is 2. The summed E-state index contributed by atoms with van der Waals surface area (Å²) in [6, 6.07) is 9.15. The first kappa shape index (κ1) is 28.1. The molecule has 10 heteroatoms. The average molecular weight is 539 g/mol. The van der Waals surface area contributed by atoms with Crippen LogP contribution in [0.5, 0.6) is 23.0 Å². The molecule has 0 unspecified atom stereocenters. The zero-order valence-electron chi connectivity index (χ0n) is 22.5. The number of methoxy groups -OCH3 is 1. The van der Waals surface area contributed by atoms with Crippen LogP contribution < -0.4 is 30.2 Å². The van der Waals surface area contributed by atoms with E-state index in [1.165, 1.54) is 12.1 Å². The van der Waals surface area contributed by atoms with Gasteiger partial charge in [-0.3, -0.25) is 14.6 Å². The van der Waals surface area contributed by atoms with Crippen LogP contribution in [0.1, 0.15) is 33.1 Å². The number of fused-ring (bicyclic) bond motifs is 1. The lowest BCUT2D eigenvalue weighted by Crippen LogP contribution is -2.36. The van der Waals surface area contributed by atoms with E-state index >= 15 is 0 Å². The van der Waals surface area contributed by atoms with Crippen molar-refractivity contribution in [3.8, 4) is 23.0 Å². The van der Waals surface area contributed by atoms with Gasteiger partial charge in [0.05, 0.1) is 19.2 Å². The Labute approximate surface area is 227 Å². The van der Waals surface area contributed by atoms with Crippen LogP contribution in [0, 0.1) is 17.7 Å². The third-order valence-corrected chi connectivity index (χ3v) is 6.54. The van der Waals surface area contributed by atoms with Gasteiger partial charge in [0.2, 0.25) is 0 Å². The minimum absolute atomic E-state index is 0.0490. The van der Waals surface area contributed by atoms with Gasteiger partial charge < -0.3 is 30.2 Å². The van der Waals surface area contributed by atoms with Crippen LogP contribution in [0.25, 0.3) is 10.9 Å². The first-order chi connectivity index (χ1) is 18.8. The molecule has 1 aromatic heterocycles. The number of anilines is 1. The molecule has 0 saturated carbocycles. The van der Waals surface area contributed by atoms with E-state index < -0.39 is 17.6 Å². The Bertz CT molecular complexity index is 1310. The number of hydrogen-bond donors (Lipinski definition) is 3. The minimum Gasteiger partial charge on any atom is -0.493 e. The highest BCUT2D eigenvalue weighted by Gasteiger charge is 2.18. The molecule has 3 aromatic rings. The molecule has 39 heavy (non-hydrogen) atoms. The Balaban J connectivity index is 1.45. The predicted octanol–water partition coefficient (Wildman–Crippen LogP) is 4.65. The number of benzene rings is 2. The van der Waals surface area contributed by atoms with Crippen LogP contribution >= 0.6 is 0 Å². The Kier molecular flexibility index (Phi) is 9.54. The van der Waals surface area contributed by atoms with E-state index in [0.717, 1.165) is 38.4 Å². The largest absolute Gasteiger partial charge is 0.493 e. The van der Waals surface area contributed by atoms with Gasteiger partial charge in [-0.1, -0.05) is 13.8 Å². The fourth-order valence-corrected chi connectivity index (χ4v) is 4.27. The van der Waals surface area contributed by atoms with Gasteiger partial charge in [0.25, 0.3) is 0 Å². The van der Waals surface area contributed by atoms with E-state index in [0.29, 0.717) is 53.1 Å². The standard InChI is InChI=1S/C29H35FN4O5/c1-18(2)6-12-33-28(35)29(36)34-20-4-5-25(22(30)14-20)39-24-9-13-32-23-16-27(26(37-3)15-21(23)24)38-17-19-7-10-31-11-8-19/h4-5,9,13-16,18-19,31H,6-8,10-12,17H2,1-3H3,(H,33,35)(H,34,36). The molecule has 2 aromatic carbocycles. The monoisotopic (exact) mass is 538 g/mol. The third-order valence-electron chi connectivity index (χ3n) is 6.54. The molecule has 1 aliphatic heterocycles. The summed E-state index contributed by atoms with van der Waals surface area (Å²) in [5.41, 5.74) is 0.752. The Morgan fingerprint density at radius 3 is 2.56 bits per heavy atom. The highest BCUT2D eigenvalue weighted by molar-refractivity contribution is 6.39. The number of aromatic nitrogens is 1. The van der Waals surface area contributed by atoms with Crippen molar-refractivity contribution in [2.75, 3.05) is 38.7 Å².